The molecule has 0 saturated heterocycles. The van der Waals surface area contributed by atoms with Crippen LogP contribution in [0.5, 0.6) is 0 Å². The molecule has 0 amide bonds. The fraction of sp³-hybridized carbons (Fsp3) is 0.263. The first kappa shape index (κ1) is 16.6. The van der Waals surface area contributed by atoms with Crippen LogP contribution in [0.2, 0.25) is 0 Å². The Morgan fingerprint density at radius 1 is 1.29 bits per heavy atom. The molecule has 1 aromatic carbocycles. The van der Waals surface area contributed by atoms with E-state index in [0.29, 0.717) is 6.42 Å². The van der Waals surface area contributed by atoms with Crippen LogP contribution in [0.25, 0.3) is 5.57 Å². The standard InChI is InChI=1S/C19H17FO3S/c1-2-23-19(22)18-15(12-5-7-14(20)8-6-12)10-13(11-16(18)21)17-4-3-9-24-17/h3-9,11,15,18H,2,10H2,1H3. The molecule has 2 unspecified atom stereocenters. The maximum absolute atomic E-state index is 13.2. The lowest BCUT2D eigenvalue weighted by atomic mass is 9.74. The topological polar surface area (TPSA) is 43.4 Å². The van der Waals surface area contributed by atoms with Gasteiger partial charge in [0.05, 0.1) is 6.61 Å². The zero-order valence-electron chi connectivity index (χ0n) is 13.2. The van der Waals surface area contributed by atoms with Gasteiger partial charge in [0.25, 0.3) is 0 Å². The molecule has 5 heteroatoms. The van der Waals surface area contributed by atoms with Crippen LogP contribution in [0.15, 0.2) is 47.9 Å². The van der Waals surface area contributed by atoms with Gasteiger partial charge in [-0.3, -0.25) is 9.59 Å². The highest BCUT2D eigenvalue weighted by atomic mass is 32.1. The Bertz CT molecular complexity index is 762. The van der Waals surface area contributed by atoms with Gasteiger partial charge in [-0.25, -0.2) is 4.39 Å². The van der Waals surface area contributed by atoms with Crippen molar-refractivity contribution < 1.29 is 18.7 Å². The summed E-state index contributed by atoms with van der Waals surface area (Å²) in [4.78, 5) is 25.9. The molecule has 2 atom stereocenters. The lowest BCUT2D eigenvalue weighted by molar-refractivity contribution is -0.151. The van der Waals surface area contributed by atoms with Crippen LogP contribution in [-0.2, 0) is 14.3 Å². The van der Waals surface area contributed by atoms with Crippen LogP contribution >= 0.6 is 11.3 Å². The summed E-state index contributed by atoms with van der Waals surface area (Å²) in [6, 6.07) is 9.86. The molecule has 0 bridgehead atoms. The fourth-order valence-corrected chi connectivity index (χ4v) is 3.79. The lowest BCUT2D eigenvalue weighted by Crippen LogP contribution is -2.33. The Kier molecular flexibility index (Phi) is 4.90. The normalized spacial score (nSPS) is 20.6. The van der Waals surface area contributed by atoms with E-state index in [0.717, 1.165) is 16.0 Å². The first-order valence-corrected chi connectivity index (χ1v) is 8.68. The smallest absolute Gasteiger partial charge is 0.317 e. The van der Waals surface area contributed by atoms with Crippen molar-refractivity contribution in [1.82, 2.24) is 0 Å². The van der Waals surface area contributed by atoms with Gasteiger partial charge in [0.2, 0.25) is 0 Å². The van der Waals surface area contributed by atoms with Gasteiger partial charge in [-0.15, -0.1) is 11.3 Å². The minimum absolute atomic E-state index is 0.222. The third-order valence-electron chi connectivity index (χ3n) is 4.14. The summed E-state index contributed by atoms with van der Waals surface area (Å²) in [6.45, 7) is 1.94. The van der Waals surface area contributed by atoms with Crippen LogP contribution in [0, 0.1) is 11.7 Å². The van der Waals surface area contributed by atoms with Gasteiger partial charge in [-0.2, -0.15) is 0 Å². The minimum atomic E-state index is -0.876. The predicted molar refractivity (Wildman–Crippen MR) is 91.2 cm³/mol. The number of halogens is 1. The highest BCUT2D eigenvalue weighted by molar-refractivity contribution is 7.11. The molecule has 0 radical (unpaired) electrons. The third-order valence-corrected chi connectivity index (χ3v) is 5.09. The molecule has 24 heavy (non-hydrogen) atoms. The van der Waals surface area contributed by atoms with Crippen LogP contribution in [0.1, 0.15) is 29.7 Å². The van der Waals surface area contributed by atoms with Crippen molar-refractivity contribution in [3.63, 3.8) is 0 Å². The number of benzene rings is 1. The molecule has 0 N–H and O–H groups in total. The Morgan fingerprint density at radius 3 is 2.67 bits per heavy atom. The summed E-state index contributed by atoms with van der Waals surface area (Å²) in [5, 5.41) is 1.95. The Morgan fingerprint density at radius 2 is 2.04 bits per heavy atom. The number of carbonyl (C=O) groups is 2. The number of carbonyl (C=O) groups excluding carboxylic acids is 2. The minimum Gasteiger partial charge on any atom is -0.465 e. The Hall–Kier alpha value is -2.27. The van der Waals surface area contributed by atoms with Crippen LogP contribution in [0.4, 0.5) is 4.39 Å². The second-order valence-electron chi connectivity index (χ2n) is 5.64. The maximum atomic E-state index is 13.2. The van der Waals surface area contributed by atoms with E-state index < -0.39 is 11.9 Å². The fourth-order valence-electron chi connectivity index (χ4n) is 3.04. The first-order chi connectivity index (χ1) is 11.6. The second-order valence-corrected chi connectivity index (χ2v) is 6.59. The van der Waals surface area contributed by atoms with Crippen LogP contribution in [-0.4, -0.2) is 18.4 Å². The maximum Gasteiger partial charge on any atom is 0.317 e. The third kappa shape index (κ3) is 3.31. The van der Waals surface area contributed by atoms with Gasteiger partial charge in [0.1, 0.15) is 11.7 Å². The van der Waals surface area contributed by atoms with E-state index in [1.165, 1.54) is 12.1 Å². The number of allylic oxidation sites excluding steroid dienone is 2. The molecule has 3 nitrogen and oxygen atoms in total. The van der Waals surface area contributed by atoms with Crippen molar-refractivity contribution in [3.8, 4) is 0 Å². The number of hydrogen-bond acceptors (Lipinski definition) is 4. The van der Waals surface area contributed by atoms with E-state index >= 15 is 0 Å². The van der Waals surface area contributed by atoms with E-state index in [4.69, 9.17) is 4.74 Å². The van der Waals surface area contributed by atoms with Gasteiger partial charge in [0.15, 0.2) is 5.78 Å². The van der Waals surface area contributed by atoms with Crippen molar-refractivity contribution in [2.24, 2.45) is 5.92 Å². The van der Waals surface area contributed by atoms with Gasteiger partial charge in [-0.1, -0.05) is 18.2 Å². The first-order valence-electron chi connectivity index (χ1n) is 7.80. The van der Waals surface area contributed by atoms with E-state index in [-0.39, 0.29) is 24.1 Å². The van der Waals surface area contributed by atoms with Crippen molar-refractivity contribution in [2.45, 2.75) is 19.3 Å². The second kappa shape index (κ2) is 7.09. The number of rotatable bonds is 4. The highest BCUT2D eigenvalue weighted by Gasteiger charge is 2.39. The Balaban J connectivity index is 2.00. The van der Waals surface area contributed by atoms with Gasteiger partial charge >= 0.3 is 5.97 Å². The quantitative estimate of drug-likeness (QED) is 0.616. The summed E-state index contributed by atoms with van der Waals surface area (Å²) < 4.78 is 18.3. The zero-order chi connectivity index (χ0) is 17.1. The molecule has 1 aliphatic rings. The van der Waals surface area contributed by atoms with E-state index in [9.17, 15) is 14.0 Å². The van der Waals surface area contributed by atoms with Crippen molar-refractivity contribution in [1.29, 1.82) is 0 Å². The molecule has 0 fully saturated rings. The summed E-state index contributed by atoms with van der Waals surface area (Å²) in [5.74, 6) is -2.34. The largest absolute Gasteiger partial charge is 0.465 e. The average molecular weight is 344 g/mol. The number of thiophene rings is 1. The molecule has 1 heterocycles. The lowest BCUT2D eigenvalue weighted by Gasteiger charge is -2.29. The van der Waals surface area contributed by atoms with Gasteiger partial charge < -0.3 is 4.74 Å². The van der Waals surface area contributed by atoms with E-state index in [1.807, 2.05) is 17.5 Å². The predicted octanol–water partition coefficient (Wildman–Crippen LogP) is 4.21. The van der Waals surface area contributed by atoms with Crippen molar-refractivity contribution in [2.75, 3.05) is 6.61 Å². The van der Waals surface area contributed by atoms with Crippen molar-refractivity contribution in [3.05, 3.63) is 64.1 Å². The highest BCUT2D eigenvalue weighted by Crippen LogP contribution is 2.41. The molecule has 0 spiro atoms. The molecule has 2 aromatic rings. The monoisotopic (exact) mass is 344 g/mol. The number of esters is 1. The number of hydrogen-bond donors (Lipinski definition) is 0. The molecule has 1 aromatic heterocycles. The summed E-state index contributed by atoms with van der Waals surface area (Å²) in [5.41, 5.74) is 1.68. The van der Waals surface area contributed by atoms with E-state index in [1.54, 1.807) is 36.5 Å². The average Bonchev–Trinajstić information content (AvgIpc) is 3.09. The Labute approximate surface area is 143 Å². The summed E-state index contributed by atoms with van der Waals surface area (Å²) in [7, 11) is 0. The number of ketones is 1. The van der Waals surface area contributed by atoms with Gasteiger partial charge in [-0.05, 0) is 54.1 Å². The van der Waals surface area contributed by atoms with E-state index in [2.05, 4.69) is 0 Å². The molecule has 1 aliphatic carbocycles. The molecule has 0 saturated carbocycles. The van der Waals surface area contributed by atoms with Crippen LogP contribution < -0.4 is 0 Å². The summed E-state index contributed by atoms with van der Waals surface area (Å²) >= 11 is 1.55. The van der Waals surface area contributed by atoms with Gasteiger partial charge in [0, 0.05) is 10.8 Å². The molecule has 0 aliphatic heterocycles. The van der Waals surface area contributed by atoms with Crippen molar-refractivity contribution >= 4 is 28.7 Å². The SMILES string of the molecule is CCOC(=O)C1C(=O)C=C(c2cccs2)CC1c1ccc(F)cc1. The zero-order valence-corrected chi connectivity index (χ0v) is 14.0. The molecular formula is C19H17FO3S. The summed E-state index contributed by atoms with van der Waals surface area (Å²) in [6.07, 6.45) is 2.09. The molecule has 3 rings (SSSR count). The van der Waals surface area contributed by atoms with Crippen LogP contribution in [0.3, 0.4) is 0 Å². The number of ether oxygens (including phenoxy) is 1. The molecule has 124 valence electrons. The molecular weight excluding hydrogens is 327 g/mol.